The third-order valence-electron chi connectivity index (χ3n) is 2.52. The van der Waals surface area contributed by atoms with Gasteiger partial charge in [0.2, 0.25) is 0 Å². The number of nitrogens with one attached hydrogen (secondary N) is 1. The first-order valence-electron chi connectivity index (χ1n) is 5.44. The molecule has 2 N–H and O–H groups in total. The molecule has 17 heavy (non-hydrogen) atoms. The molecule has 0 fully saturated rings. The van der Waals surface area contributed by atoms with Crippen molar-refractivity contribution in [1.82, 2.24) is 5.32 Å². The molecule has 0 radical (unpaired) electrons. The maximum atomic E-state index is 8.80. The second kappa shape index (κ2) is 7.07. The molecule has 0 amide bonds. The summed E-state index contributed by atoms with van der Waals surface area (Å²) in [6.07, 6.45) is 0.710. The molecule has 1 atom stereocenters. The molecular weight excluding hydrogens is 261 g/mol. The number of benzene rings is 1. The van der Waals surface area contributed by atoms with Gasteiger partial charge in [-0.15, -0.1) is 0 Å². The zero-order chi connectivity index (χ0) is 12.8. The summed E-state index contributed by atoms with van der Waals surface area (Å²) in [4.78, 5) is 0. The average Bonchev–Trinajstić information content (AvgIpc) is 2.30. The van der Waals surface area contributed by atoms with Gasteiger partial charge in [0.05, 0.1) is 12.1 Å². The van der Waals surface area contributed by atoms with Gasteiger partial charge in [-0.25, -0.2) is 0 Å². The highest BCUT2D eigenvalue weighted by atomic mass is 35.5. The molecular formula is C12H17Cl2NO2. The fourth-order valence-corrected chi connectivity index (χ4v) is 1.93. The van der Waals surface area contributed by atoms with Crippen molar-refractivity contribution in [2.45, 2.75) is 25.9 Å². The predicted molar refractivity (Wildman–Crippen MR) is 71.0 cm³/mol. The number of hydrogen-bond donors (Lipinski definition) is 2. The van der Waals surface area contributed by atoms with Crippen molar-refractivity contribution in [2.75, 3.05) is 13.7 Å². The lowest BCUT2D eigenvalue weighted by Crippen LogP contribution is -2.26. The Labute approximate surface area is 112 Å². The fourth-order valence-electron chi connectivity index (χ4n) is 1.44. The van der Waals surface area contributed by atoms with E-state index in [1.807, 2.05) is 6.92 Å². The van der Waals surface area contributed by atoms with E-state index in [1.54, 1.807) is 19.2 Å². The first-order valence-corrected chi connectivity index (χ1v) is 6.20. The maximum absolute atomic E-state index is 8.80. The zero-order valence-corrected chi connectivity index (χ0v) is 11.5. The lowest BCUT2D eigenvalue weighted by molar-refractivity contribution is 0.268. The second-order valence-electron chi connectivity index (χ2n) is 3.87. The molecule has 0 aliphatic heterocycles. The molecule has 0 heterocycles. The van der Waals surface area contributed by atoms with Crippen LogP contribution >= 0.6 is 23.2 Å². The topological polar surface area (TPSA) is 41.5 Å². The highest BCUT2D eigenvalue weighted by molar-refractivity contribution is 6.34. The van der Waals surface area contributed by atoms with Crippen LogP contribution in [-0.2, 0) is 6.54 Å². The Morgan fingerprint density at radius 3 is 2.65 bits per heavy atom. The summed E-state index contributed by atoms with van der Waals surface area (Å²) in [5, 5.41) is 13.2. The first-order chi connectivity index (χ1) is 8.08. The van der Waals surface area contributed by atoms with Crippen LogP contribution in [0.5, 0.6) is 5.75 Å². The Hall–Kier alpha value is -0.480. The summed E-state index contributed by atoms with van der Waals surface area (Å²) in [7, 11) is 1.55. The van der Waals surface area contributed by atoms with E-state index in [0.717, 1.165) is 5.56 Å². The van der Waals surface area contributed by atoms with Gasteiger partial charge in [0, 0.05) is 30.3 Å². The highest BCUT2D eigenvalue weighted by Gasteiger charge is 2.08. The van der Waals surface area contributed by atoms with Crippen LogP contribution in [0.3, 0.4) is 0 Å². The van der Waals surface area contributed by atoms with Crippen LogP contribution in [0.4, 0.5) is 0 Å². The summed E-state index contributed by atoms with van der Waals surface area (Å²) in [6, 6.07) is 3.73. The van der Waals surface area contributed by atoms with Crippen molar-refractivity contribution in [1.29, 1.82) is 0 Å². The monoisotopic (exact) mass is 277 g/mol. The van der Waals surface area contributed by atoms with Gasteiger partial charge in [-0.2, -0.15) is 0 Å². The molecule has 1 aromatic rings. The number of hydrogen-bond acceptors (Lipinski definition) is 3. The highest BCUT2D eigenvalue weighted by Crippen LogP contribution is 2.30. The second-order valence-corrected chi connectivity index (χ2v) is 4.69. The molecule has 5 heteroatoms. The van der Waals surface area contributed by atoms with E-state index in [9.17, 15) is 0 Å². The Morgan fingerprint density at radius 2 is 2.06 bits per heavy atom. The van der Waals surface area contributed by atoms with Crippen LogP contribution in [0.15, 0.2) is 12.1 Å². The smallest absolute Gasteiger partial charge is 0.138 e. The SMILES string of the molecule is COc1cc(Cl)c(CNC(C)CCO)cc1Cl. The first kappa shape index (κ1) is 14.6. The molecule has 0 spiro atoms. The predicted octanol–water partition coefficient (Wildman–Crippen LogP) is 2.86. The van der Waals surface area contributed by atoms with Gasteiger partial charge in [-0.3, -0.25) is 0 Å². The molecule has 0 aromatic heterocycles. The summed E-state index contributed by atoms with van der Waals surface area (Å²) in [5.74, 6) is 0.573. The lowest BCUT2D eigenvalue weighted by Gasteiger charge is -2.14. The largest absolute Gasteiger partial charge is 0.495 e. The van der Waals surface area contributed by atoms with Gasteiger partial charge in [0.15, 0.2) is 0 Å². The molecule has 3 nitrogen and oxygen atoms in total. The normalized spacial score (nSPS) is 12.5. The number of rotatable bonds is 6. The van der Waals surface area contributed by atoms with Crippen molar-refractivity contribution < 1.29 is 9.84 Å². The van der Waals surface area contributed by atoms with Crippen LogP contribution < -0.4 is 10.1 Å². The number of halogens is 2. The van der Waals surface area contributed by atoms with Crippen LogP contribution in [0.25, 0.3) is 0 Å². The molecule has 1 unspecified atom stereocenters. The van der Waals surface area contributed by atoms with E-state index in [0.29, 0.717) is 28.8 Å². The summed E-state index contributed by atoms with van der Waals surface area (Å²) in [6.45, 7) is 2.80. The van der Waals surface area contributed by atoms with E-state index >= 15 is 0 Å². The van der Waals surface area contributed by atoms with Crippen molar-refractivity contribution >= 4 is 23.2 Å². The molecule has 1 rings (SSSR count). The van der Waals surface area contributed by atoms with Gasteiger partial charge in [-0.05, 0) is 25.0 Å². The molecule has 96 valence electrons. The van der Waals surface area contributed by atoms with Gasteiger partial charge in [0.25, 0.3) is 0 Å². The minimum absolute atomic E-state index is 0.172. The van der Waals surface area contributed by atoms with Gasteiger partial charge in [0.1, 0.15) is 5.75 Å². The molecule has 0 saturated carbocycles. The zero-order valence-electron chi connectivity index (χ0n) is 9.96. The van der Waals surface area contributed by atoms with E-state index in [2.05, 4.69) is 5.32 Å². The molecule has 0 bridgehead atoms. The number of aliphatic hydroxyl groups excluding tert-OH is 1. The number of ether oxygens (including phenoxy) is 1. The molecule has 0 aliphatic carbocycles. The summed E-state index contributed by atoms with van der Waals surface area (Å²) < 4.78 is 5.08. The maximum Gasteiger partial charge on any atom is 0.138 e. The van der Waals surface area contributed by atoms with Crippen LogP contribution in [-0.4, -0.2) is 24.9 Å². The summed E-state index contributed by atoms with van der Waals surface area (Å²) >= 11 is 12.1. The van der Waals surface area contributed by atoms with E-state index in [4.69, 9.17) is 33.0 Å². The standard InChI is InChI=1S/C12H17Cl2NO2/c1-8(3-4-16)15-7-9-5-11(14)12(17-2)6-10(9)13/h5-6,8,15-16H,3-4,7H2,1-2H3. The van der Waals surface area contributed by atoms with Crippen molar-refractivity contribution in [3.05, 3.63) is 27.7 Å². The third-order valence-corrected chi connectivity index (χ3v) is 3.17. The van der Waals surface area contributed by atoms with Crippen LogP contribution in [0.1, 0.15) is 18.9 Å². The summed E-state index contributed by atoms with van der Waals surface area (Å²) in [5.41, 5.74) is 0.919. The van der Waals surface area contributed by atoms with Gasteiger partial charge in [-0.1, -0.05) is 23.2 Å². The van der Waals surface area contributed by atoms with Crippen molar-refractivity contribution in [3.63, 3.8) is 0 Å². The van der Waals surface area contributed by atoms with Crippen molar-refractivity contribution in [2.24, 2.45) is 0 Å². The van der Waals surface area contributed by atoms with Gasteiger partial charge < -0.3 is 15.2 Å². The number of methoxy groups -OCH3 is 1. The van der Waals surface area contributed by atoms with Crippen molar-refractivity contribution in [3.8, 4) is 5.75 Å². The lowest BCUT2D eigenvalue weighted by atomic mass is 10.2. The Balaban J connectivity index is 2.68. The third kappa shape index (κ3) is 4.36. The number of aliphatic hydroxyl groups is 1. The van der Waals surface area contributed by atoms with E-state index in [1.165, 1.54) is 0 Å². The van der Waals surface area contributed by atoms with Crippen LogP contribution in [0.2, 0.25) is 10.0 Å². The Morgan fingerprint density at radius 1 is 1.35 bits per heavy atom. The van der Waals surface area contributed by atoms with Crippen LogP contribution in [0, 0.1) is 0 Å². The average molecular weight is 278 g/mol. The quantitative estimate of drug-likeness (QED) is 0.840. The fraction of sp³-hybridized carbons (Fsp3) is 0.500. The Kier molecular flexibility index (Phi) is 6.06. The minimum Gasteiger partial charge on any atom is -0.495 e. The molecule has 0 saturated heterocycles. The van der Waals surface area contributed by atoms with Gasteiger partial charge >= 0.3 is 0 Å². The van der Waals surface area contributed by atoms with E-state index in [-0.39, 0.29) is 12.6 Å². The molecule has 0 aliphatic rings. The van der Waals surface area contributed by atoms with E-state index < -0.39 is 0 Å². The minimum atomic E-state index is 0.172. The Bertz CT molecular complexity index is 372. The molecule has 1 aromatic carbocycles.